The summed E-state index contributed by atoms with van der Waals surface area (Å²) < 4.78 is 25.7. The summed E-state index contributed by atoms with van der Waals surface area (Å²) in [7, 11) is -3.57. The fourth-order valence-corrected chi connectivity index (χ4v) is 5.26. The quantitative estimate of drug-likeness (QED) is 0.526. The first-order valence-electron chi connectivity index (χ1n) is 10.7. The van der Waals surface area contributed by atoms with Crippen LogP contribution in [-0.2, 0) is 27.9 Å². The molecular formula is C23H29Cl2N3O3S. The van der Waals surface area contributed by atoms with Gasteiger partial charge in [0.1, 0.15) is 0 Å². The van der Waals surface area contributed by atoms with Gasteiger partial charge in [-0.25, -0.2) is 8.42 Å². The molecule has 1 aliphatic rings. The molecule has 2 aromatic rings. The van der Waals surface area contributed by atoms with Gasteiger partial charge in [0.2, 0.25) is 15.9 Å². The van der Waals surface area contributed by atoms with Gasteiger partial charge in [-0.3, -0.25) is 14.0 Å². The van der Waals surface area contributed by atoms with Crippen molar-refractivity contribution in [2.75, 3.05) is 30.2 Å². The molecule has 0 atom stereocenters. The molecule has 1 saturated heterocycles. The Labute approximate surface area is 200 Å². The Morgan fingerprint density at radius 2 is 1.81 bits per heavy atom. The Morgan fingerprint density at radius 3 is 2.53 bits per heavy atom. The summed E-state index contributed by atoms with van der Waals surface area (Å²) >= 11 is 12.2. The van der Waals surface area contributed by atoms with Crippen molar-refractivity contribution in [3.8, 4) is 0 Å². The van der Waals surface area contributed by atoms with Gasteiger partial charge >= 0.3 is 0 Å². The molecular weight excluding hydrogens is 469 g/mol. The molecule has 3 rings (SSSR count). The minimum atomic E-state index is -3.57. The molecule has 0 bridgehead atoms. The van der Waals surface area contributed by atoms with Gasteiger partial charge in [0.05, 0.1) is 17.0 Å². The molecule has 1 amide bonds. The smallest absolute Gasteiger partial charge is 0.232 e. The summed E-state index contributed by atoms with van der Waals surface area (Å²) in [5.41, 5.74) is 2.62. The molecule has 6 nitrogen and oxygen atoms in total. The summed E-state index contributed by atoms with van der Waals surface area (Å²) in [6.07, 6.45) is 4.19. The standard InChI is InChI=1S/C23H29Cl2N3O3S/c1-32(30,31)28(22-15-20(24)9-10-21(22)25)13-5-8-23(29)26-16-18-6-4-7-19(14-18)17-27-11-2-3-12-27/h4,6-7,9-10,14-15H,2-3,5,8,11-13,16-17H2,1H3,(H,26,29). The maximum Gasteiger partial charge on any atom is 0.232 e. The van der Waals surface area contributed by atoms with Crippen molar-refractivity contribution in [3.05, 3.63) is 63.6 Å². The van der Waals surface area contributed by atoms with E-state index in [9.17, 15) is 13.2 Å². The normalized spacial score (nSPS) is 14.5. The second kappa shape index (κ2) is 11.4. The molecule has 2 aromatic carbocycles. The zero-order chi connectivity index (χ0) is 23.1. The van der Waals surface area contributed by atoms with Crippen LogP contribution < -0.4 is 9.62 Å². The first-order chi connectivity index (χ1) is 15.2. The maximum atomic E-state index is 12.3. The first kappa shape index (κ1) is 24.8. The summed E-state index contributed by atoms with van der Waals surface area (Å²) in [6, 6.07) is 12.9. The lowest BCUT2D eigenvalue weighted by atomic mass is 10.1. The van der Waals surface area contributed by atoms with Crippen LogP contribution in [0.2, 0.25) is 10.0 Å². The van der Waals surface area contributed by atoms with E-state index in [4.69, 9.17) is 23.2 Å². The van der Waals surface area contributed by atoms with Crippen LogP contribution in [0.4, 0.5) is 5.69 Å². The highest BCUT2D eigenvalue weighted by atomic mass is 35.5. The highest BCUT2D eigenvalue weighted by molar-refractivity contribution is 7.92. The van der Waals surface area contributed by atoms with Crippen LogP contribution in [0.5, 0.6) is 0 Å². The Hall–Kier alpha value is -1.80. The molecule has 1 aliphatic heterocycles. The van der Waals surface area contributed by atoms with E-state index >= 15 is 0 Å². The monoisotopic (exact) mass is 497 g/mol. The lowest BCUT2D eigenvalue weighted by molar-refractivity contribution is -0.121. The predicted molar refractivity (Wildman–Crippen MR) is 131 cm³/mol. The first-order valence-corrected chi connectivity index (χ1v) is 13.3. The second-order valence-electron chi connectivity index (χ2n) is 8.11. The minimum absolute atomic E-state index is 0.124. The van der Waals surface area contributed by atoms with E-state index in [2.05, 4.69) is 22.3 Å². The van der Waals surface area contributed by atoms with Gasteiger partial charge in [-0.05, 0) is 61.7 Å². The lowest BCUT2D eigenvalue weighted by Gasteiger charge is -2.23. The van der Waals surface area contributed by atoms with Crippen LogP contribution in [-0.4, -0.2) is 45.1 Å². The van der Waals surface area contributed by atoms with Crippen molar-refractivity contribution in [3.63, 3.8) is 0 Å². The molecule has 1 fully saturated rings. The average Bonchev–Trinajstić information content (AvgIpc) is 3.24. The molecule has 0 aromatic heterocycles. The van der Waals surface area contributed by atoms with Gasteiger partial charge in [-0.15, -0.1) is 0 Å². The summed E-state index contributed by atoms with van der Waals surface area (Å²) in [6.45, 7) is 3.81. The highest BCUT2D eigenvalue weighted by Crippen LogP contribution is 2.30. The number of hydrogen-bond acceptors (Lipinski definition) is 4. The number of carbonyl (C=O) groups excluding carboxylic acids is 1. The van der Waals surface area contributed by atoms with Crippen molar-refractivity contribution < 1.29 is 13.2 Å². The summed E-state index contributed by atoms with van der Waals surface area (Å²) in [4.78, 5) is 14.8. The molecule has 0 saturated carbocycles. The van der Waals surface area contributed by atoms with Crippen LogP contribution >= 0.6 is 23.2 Å². The Kier molecular flexibility index (Phi) is 8.82. The zero-order valence-electron chi connectivity index (χ0n) is 18.2. The molecule has 0 spiro atoms. The number of sulfonamides is 1. The van der Waals surface area contributed by atoms with Gasteiger partial charge in [0.15, 0.2) is 0 Å². The van der Waals surface area contributed by atoms with E-state index in [0.717, 1.165) is 31.5 Å². The third kappa shape index (κ3) is 7.37. The number of anilines is 1. The van der Waals surface area contributed by atoms with E-state index in [1.54, 1.807) is 12.1 Å². The largest absolute Gasteiger partial charge is 0.352 e. The fraction of sp³-hybridized carbons (Fsp3) is 0.435. The number of rotatable bonds is 10. The minimum Gasteiger partial charge on any atom is -0.352 e. The number of amides is 1. The predicted octanol–water partition coefficient (Wildman–Crippen LogP) is 4.45. The number of likely N-dealkylation sites (tertiary alicyclic amines) is 1. The van der Waals surface area contributed by atoms with Gasteiger partial charge in [-0.2, -0.15) is 0 Å². The van der Waals surface area contributed by atoms with Crippen LogP contribution in [0.3, 0.4) is 0 Å². The number of hydrogen-bond donors (Lipinski definition) is 1. The van der Waals surface area contributed by atoms with Gasteiger partial charge in [0.25, 0.3) is 0 Å². The Balaban J connectivity index is 1.50. The molecule has 174 valence electrons. The van der Waals surface area contributed by atoms with Gasteiger partial charge < -0.3 is 5.32 Å². The maximum absolute atomic E-state index is 12.3. The SMILES string of the molecule is CS(=O)(=O)N(CCCC(=O)NCc1cccc(CN2CCCC2)c1)c1cc(Cl)ccc1Cl. The average molecular weight is 498 g/mol. The molecule has 9 heteroatoms. The van der Waals surface area contributed by atoms with Crippen molar-refractivity contribution >= 4 is 44.8 Å². The Bertz CT molecular complexity index is 1040. The Morgan fingerprint density at radius 1 is 1.09 bits per heavy atom. The number of halogens is 2. The van der Waals surface area contributed by atoms with Crippen LogP contribution in [0.15, 0.2) is 42.5 Å². The van der Waals surface area contributed by atoms with Gasteiger partial charge in [-0.1, -0.05) is 47.5 Å². The lowest BCUT2D eigenvalue weighted by Crippen LogP contribution is -2.32. The summed E-state index contributed by atoms with van der Waals surface area (Å²) in [5, 5.41) is 3.61. The van der Waals surface area contributed by atoms with Crippen molar-refractivity contribution in [2.45, 2.75) is 38.8 Å². The van der Waals surface area contributed by atoms with E-state index in [1.807, 2.05) is 12.1 Å². The molecule has 0 radical (unpaired) electrons. The van der Waals surface area contributed by atoms with Crippen LogP contribution in [0, 0.1) is 0 Å². The van der Waals surface area contributed by atoms with E-state index in [-0.39, 0.29) is 23.9 Å². The second-order valence-corrected chi connectivity index (χ2v) is 10.9. The molecule has 0 unspecified atom stereocenters. The van der Waals surface area contributed by atoms with Crippen molar-refractivity contribution in [2.24, 2.45) is 0 Å². The number of benzene rings is 2. The molecule has 0 aliphatic carbocycles. The highest BCUT2D eigenvalue weighted by Gasteiger charge is 2.20. The third-order valence-electron chi connectivity index (χ3n) is 5.43. The number of carbonyl (C=O) groups is 1. The summed E-state index contributed by atoms with van der Waals surface area (Å²) in [5.74, 6) is -0.124. The molecule has 1 heterocycles. The third-order valence-corrected chi connectivity index (χ3v) is 7.16. The number of nitrogens with one attached hydrogen (secondary N) is 1. The van der Waals surface area contributed by atoms with Crippen LogP contribution in [0.1, 0.15) is 36.8 Å². The molecule has 1 N–H and O–H groups in total. The molecule has 32 heavy (non-hydrogen) atoms. The van der Waals surface area contributed by atoms with E-state index < -0.39 is 10.0 Å². The van der Waals surface area contributed by atoms with Crippen molar-refractivity contribution in [1.29, 1.82) is 0 Å². The van der Waals surface area contributed by atoms with E-state index in [0.29, 0.717) is 23.7 Å². The number of nitrogens with zero attached hydrogens (tertiary/aromatic N) is 2. The zero-order valence-corrected chi connectivity index (χ0v) is 20.5. The van der Waals surface area contributed by atoms with Crippen molar-refractivity contribution in [1.82, 2.24) is 10.2 Å². The van der Waals surface area contributed by atoms with E-state index in [1.165, 1.54) is 28.8 Å². The van der Waals surface area contributed by atoms with Gasteiger partial charge in [0, 0.05) is 31.1 Å². The fourth-order valence-electron chi connectivity index (χ4n) is 3.85. The van der Waals surface area contributed by atoms with Crippen LogP contribution in [0.25, 0.3) is 0 Å². The topological polar surface area (TPSA) is 69.7 Å².